The second-order valence-corrected chi connectivity index (χ2v) is 4.99. The van der Waals surface area contributed by atoms with Crippen LogP contribution < -0.4 is 10.5 Å². The Morgan fingerprint density at radius 3 is 2.44 bits per heavy atom. The van der Waals surface area contributed by atoms with Crippen LogP contribution >= 0.6 is 0 Å². The highest BCUT2D eigenvalue weighted by Gasteiger charge is 2.47. The molecule has 18 heavy (non-hydrogen) atoms. The minimum absolute atomic E-state index is 0.0393. The summed E-state index contributed by atoms with van der Waals surface area (Å²) in [6.07, 6.45) is 2.05. The van der Waals surface area contributed by atoms with Gasteiger partial charge in [-0.25, -0.2) is 0 Å². The summed E-state index contributed by atoms with van der Waals surface area (Å²) in [5, 5.41) is 0. The van der Waals surface area contributed by atoms with Gasteiger partial charge in [0.05, 0.1) is 6.04 Å². The first-order valence-corrected chi connectivity index (χ1v) is 6.93. The number of hydrogen-bond donors (Lipinski definition) is 1. The Morgan fingerprint density at radius 2 is 1.83 bits per heavy atom. The number of benzene rings is 1. The minimum Gasteiger partial charge on any atom is -0.485 e. The van der Waals surface area contributed by atoms with Crippen LogP contribution in [0.5, 0.6) is 5.75 Å². The lowest BCUT2D eigenvalue weighted by molar-refractivity contribution is 0.00754. The van der Waals surface area contributed by atoms with E-state index in [9.17, 15) is 0 Å². The number of hydrogen-bond acceptors (Lipinski definition) is 3. The van der Waals surface area contributed by atoms with E-state index in [-0.39, 0.29) is 11.6 Å². The van der Waals surface area contributed by atoms with Crippen molar-refractivity contribution in [1.29, 1.82) is 0 Å². The molecule has 100 valence electrons. The molecule has 2 aliphatic rings. The molecule has 0 radical (unpaired) electrons. The lowest BCUT2D eigenvalue weighted by atomic mass is 9.83. The van der Waals surface area contributed by atoms with Crippen LogP contribution in [-0.2, 0) is 0 Å². The lowest BCUT2D eigenvalue weighted by Gasteiger charge is -2.39. The highest BCUT2D eigenvalue weighted by molar-refractivity contribution is 5.42. The first kappa shape index (κ1) is 13.4. The number of likely N-dealkylation sites (tertiary alicyclic amines) is 1. The summed E-state index contributed by atoms with van der Waals surface area (Å²) in [6, 6.07) is 8.21. The smallest absolute Gasteiger partial charge is 0.131 e. The second kappa shape index (κ2) is 5.29. The van der Waals surface area contributed by atoms with E-state index in [0.29, 0.717) is 0 Å². The van der Waals surface area contributed by atoms with Gasteiger partial charge in [0, 0.05) is 31.5 Å². The first-order chi connectivity index (χ1) is 8.71. The molecule has 0 aromatic heterocycles. The van der Waals surface area contributed by atoms with Crippen molar-refractivity contribution in [3.63, 3.8) is 0 Å². The summed E-state index contributed by atoms with van der Waals surface area (Å²) in [4.78, 5) is 2.34. The number of nitrogens with zero attached hydrogens (tertiary/aromatic N) is 1. The van der Waals surface area contributed by atoms with Crippen LogP contribution in [0.2, 0.25) is 0 Å². The maximum Gasteiger partial charge on any atom is 0.131 e. The van der Waals surface area contributed by atoms with Crippen molar-refractivity contribution in [3.8, 4) is 5.75 Å². The first-order valence-electron chi connectivity index (χ1n) is 6.93. The number of para-hydroxylation sites is 1. The highest BCUT2D eigenvalue weighted by atomic mass is 16.5. The van der Waals surface area contributed by atoms with E-state index in [1.807, 2.05) is 32.0 Å². The zero-order valence-electron chi connectivity index (χ0n) is 11.6. The molecule has 2 aliphatic heterocycles. The SMILES string of the molecule is CC.CN1CCC2(CC1)Oc1ccccc1[C@H]2N. The zero-order valence-corrected chi connectivity index (χ0v) is 11.6. The largest absolute Gasteiger partial charge is 0.485 e. The number of rotatable bonds is 0. The Bertz CT molecular complexity index is 397. The van der Waals surface area contributed by atoms with Gasteiger partial charge in [-0.05, 0) is 13.1 Å². The van der Waals surface area contributed by atoms with Crippen molar-refractivity contribution < 1.29 is 4.74 Å². The van der Waals surface area contributed by atoms with Gasteiger partial charge in [-0.3, -0.25) is 0 Å². The molecule has 1 atom stereocenters. The van der Waals surface area contributed by atoms with E-state index >= 15 is 0 Å². The van der Waals surface area contributed by atoms with Crippen LogP contribution in [0.1, 0.15) is 38.3 Å². The van der Waals surface area contributed by atoms with Gasteiger partial charge in [-0.15, -0.1) is 0 Å². The molecule has 0 saturated carbocycles. The molecule has 0 bridgehead atoms. The van der Waals surface area contributed by atoms with Crippen LogP contribution in [-0.4, -0.2) is 30.6 Å². The minimum atomic E-state index is -0.143. The summed E-state index contributed by atoms with van der Waals surface area (Å²) in [7, 11) is 2.15. The van der Waals surface area contributed by atoms with Gasteiger partial charge in [-0.1, -0.05) is 32.0 Å². The molecule has 2 N–H and O–H groups in total. The predicted molar refractivity (Wildman–Crippen MR) is 74.8 cm³/mol. The Labute approximate surface area is 110 Å². The summed E-state index contributed by atoms with van der Waals surface area (Å²) >= 11 is 0. The molecule has 1 aromatic rings. The second-order valence-electron chi connectivity index (χ2n) is 4.99. The Morgan fingerprint density at radius 1 is 1.22 bits per heavy atom. The molecular weight excluding hydrogens is 224 g/mol. The fourth-order valence-corrected chi connectivity index (χ4v) is 2.81. The number of fused-ring (bicyclic) bond motifs is 1. The average molecular weight is 248 g/mol. The molecule has 0 unspecified atom stereocenters. The average Bonchev–Trinajstić information content (AvgIpc) is 2.70. The van der Waals surface area contributed by atoms with Crippen molar-refractivity contribution in [3.05, 3.63) is 29.8 Å². The van der Waals surface area contributed by atoms with Gasteiger partial charge in [-0.2, -0.15) is 0 Å². The van der Waals surface area contributed by atoms with E-state index in [0.717, 1.165) is 31.7 Å². The van der Waals surface area contributed by atoms with Crippen LogP contribution in [0.4, 0.5) is 0 Å². The normalized spacial score (nSPS) is 25.0. The van der Waals surface area contributed by atoms with Crippen molar-refractivity contribution in [2.24, 2.45) is 5.73 Å². The number of ether oxygens (including phenoxy) is 1. The third-order valence-corrected chi connectivity index (χ3v) is 3.97. The lowest BCUT2D eigenvalue weighted by Crippen LogP contribution is -2.50. The molecular formula is C15H24N2O. The summed E-state index contributed by atoms with van der Waals surface area (Å²) in [6.45, 7) is 6.14. The van der Waals surface area contributed by atoms with Gasteiger partial charge in [0.2, 0.25) is 0 Å². The topological polar surface area (TPSA) is 38.5 Å². The standard InChI is InChI=1S/C13H18N2O.C2H6/c1-15-8-6-13(7-9-15)12(14)10-4-2-3-5-11(10)16-13;1-2/h2-5,12H,6-9,14H2,1H3;1-2H3/t12-;/m1./s1. The number of nitrogens with two attached hydrogens (primary N) is 1. The maximum absolute atomic E-state index is 6.36. The monoisotopic (exact) mass is 248 g/mol. The molecule has 0 amide bonds. The van der Waals surface area contributed by atoms with Crippen molar-refractivity contribution in [2.45, 2.75) is 38.3 Å². The Kier molecular flexibility index (Phi) is 3.93. The fraction of sp³-hybridized carbons (Fsp3) is 0.600. The summed E-state index contributed by atoms with van der Waals surface area (Å²) in [5.41, 5.74) is 7.39. The van der Waals surface area contributed by atoms with Gasteiger partial charge in [0.15, 0.2) is 0 Å². The van der Waals surface area contributed by atoms with E-state index in [1.54, 1.807) is 0 Å². The molecule has 3 nitrogen and oxygen atoms in total. The summed E-state index contributed by atoms with van der Waals surface area (Å²) in [5.74, 6) is 0.986. The fourth-order valence-electron chi connectivity index (χ4n) is 2.81. The maximum atomic E-state index is 6.36. The molecule has 1 aromatic carbocycles. The Hall–Kier alpha value is -1.06. The number of piperidine rings is 1. The van der Waals surface area contributed by atoms with E-state index in [4.69, 9.17) is 10.5 Å². The molecule has 1 fully saturated rings. The van der Waals surface area contributed by atoms with Gasteiger partial charge < -0.3 is 15.4 Å². The van der Waals surface area contributed by atoms with Crippen LogP contribution in [0, 0.1) is 0 Å². The van der Waals surface area contributed by atoms with Gasteiger partial charge >= 0.3 is 0 Å². The highest BCUT2D eigenvalue weighted by Crippen LogP contribution is 2.46. The third-order valence-electron chi connectivity index (χ3n) is 3.97. The molecule has 1 saturated heterocycles. The van der Waals surface area contributed by atoms with E-state index in [2.05, 4.69) is 18.0 Å². The van der Waals surface area contributed by atoms with Gasteiger partial charge in [0.1, 0.15) is 11.4 Å². The predicted octanol–water partition coefficient (Wildman–Crippen LogP) is 2.57. The Balaban J connectivity index is 0.000000574. The molecule has 2 heterocycles. The van der Waals surface area contributed by atoms with Crippen molar-refractivity contribution in [1.82, 2.24) is 4.90 Å². The van der Waals surface area contributed by atoms with E-state index in [1.165, 1.54) is 5.56 Å². The van der Waals surface area contributed by atoms with Gasteiger partial charge in [0.25, 0.3) is 0 Å². The molecule has 0 aliphatic carbocycles. The van der Waals surface area contributed by atoms with Crippen LogP contribution in [0.15, 0.2) is 24.3 Å². The third kappa shape index (κ3) is 2.13. The molecule has 3 rings (SSSR count). The molecule has 1 spiro atoms. The summed E-state index contributed by atoms with van der Waals surface area (Å²) < 4.78 is 6.14. The zero-order chi connectivity index (χ0) is 13.2. The quantitative estimate of drug-likeness (QED) is 0.767. The molecule has 3 heteroatoms. The van der Waals surface area contributed by atoms with Crippen LogP contribution in [0.25, 0.3) is 0 Å². The van der Waals surface area contributed by atoms with Crippen LogP contribution in [0.3, 0.4) is 0 Å². The van der Waals surface area contributed by atoms with Crippen molar-refractivity contribution >= 4 is 0 Å². The van der Waals surface area contributed by atoms with Crippen molar-refractivity contribution in [2.75, 3.05) is 20.1 Å². The van der Waals surface area contributed by atoms with E-state index < -0.39 is 0 Å².